The maximum Gasteiger partial charge on any atom is 0.263 e. The normalized spacial score (nSPS) is 14.7. The molecular formula is C38H55N3O2S3. The molecule has 4 N–H and O–H groups in total. The summed E-state index contributed by atoms with van der Waals surface area (Å²) < 4.78 is 0. The first-order valence-electron chi connectivity index (χ1n) is 17.3. The van der Waals surface area contributed by atoms with E-state index in [9.17, 15) is 9.59 Å². The molecule has 46 heavy (non-hydrogen) atoms. The number of nitrogens with zero attached hydrogens (tertiary/aromatic N) is 1. The van der Waals surface area contributed by atoms with Crippen LogP contribution in [0.2, 0.25) is 0 Å². The fourth-order valence-corrected chi connectivity index (χ4v) is 9.42. The van der Waals surface area contributed by atoms with Crippen molar-refractivity contribution in [2.75, 3.05) is 6.54 Å². The Labute approximate surface area is 289 Å². The number of unbranched alkanes of at least 4 members (excludes halogenated alkanes) is 8. The molecule has 1 aliphatic heterocycles. The van der Waals surface area contributed by atoms with Crippen LogP contribution < -0.4 is 11.5 Å². The molecule has 0 fully saturated rings. The van der Waals surface area contributed by atoms with Crippen LogP contribution in [0.15, 0.2) is 24.3 Å². The lowest BCUT2D eigenvalue weighted by Crippen LogP contribution is -2.36. The van der Waals surface area contributed by atoms with Gasteiger partial charge in [0.25, 0.3) is 11.8 Å². The van der Waals surface area contributed by atoms with E-state index in [-0.39, 0.29) is 17.4 Å². The van der Waals surface area contributed by atoms with Crippen LogP contribution in [-0.4, -0.2) is 23.3 Å². The summed E-state index contributed by atoms with van der Waals surface area (Å²) in [6.45, 7) is 12.9. The molecule has 5 nitrogen and oxygen atoms in total. The van der Waals surface area contributed by atoms with Gasteiger partial charge in [-0.15, -0.1) is 34.0 Å². The monoisotopic (exact) mass is 681 g/mol. The third-order valence-corrected chi connectivity index (χ3v) is 13.0. The topological polar surface area (TPSA) is 89.4 Å². The molecular weight excluding hydrogens is 627 g/mol. The average molecular weight is 682 g/mol. The summed E-state index contributed by atoms with van der Waals surface area (Å²) in [7, 11) is 0. The number of nitrogens with two attached hydrogens (primary N) is 2. The van der Waals surface area contributed by atoms with Gasteiger partial charge in [0, 0.05) is 42.0 Å². The van der Waals surface area contributed by atoms with E-state index in [0.717, 1.165) is 54.9 Å². The van der Waals surface area contributed by atoms with Gasteiger partial charge in [-0.2, -0.15) is 0 Å². The molecule has 0 aliphatic carbocycles. The predicted octanol–water partition coefficient (Wildman–Crippen LogP) is 11.0. The van der Waals surface area contributed by atoms with Crippen LogP contribution in [0.4, 0.5) is 0 Å². The lowest BCUT2D eigenvalue weighted by atomic mass is 9.93. The average Bonchev–Trinajstić information content (AvgIpc) is 3.78. The summed E-state index contributed by atoms with van der Waals surface area (Å²) >= 11 is 4.85. The Morgan fingerprint density at radius 2 is 1.24 bits per heavy atom. The smallest absolute Gasteiger partial charge is 0.263 e. The van der Waals surface area contributed by atoms with E-state index in [2.05, 4.69) is 50.3 Å². The van der Waals surface area contributed by atoms with Crippen LogP contribution in [0.5, 0.6) is 0 Å². The van der Waals surface area contributed by atoms with Crippen molar-refractivity contribution >= 4 is 58.0 Å². The van der Waals surface area contributed by atoms with Crippen molar-refractivity contribution in [3.05, 3.63) is 54.9 Å². The zero-order chi connectivity index (χ0) is 33.5. The molecule has 1 atom stereocenters. The van der Waals surface area contributed by atoms with Crippen molar-refractivity contribution in [3.8, 4) is 9.75 Å². The first-order valence-corrected chi connectivity index (χ1v) is 19.8. The number of thiophene rings is 3. The summed E-state index contributed by atoms with van der Waals surface area (Å²) in [6, 6.07) is 8.35. The van der Waals surface area contributed by atoms with Crippen molar-refractivity contribution in [2.24, 2.45) is 17.4 Å². The van der Waals surface area contributed by atoms with E-state index in [4.69, 9.17) is 11.5 Å². The van der Waals surface area contributed by atoms with E-state index in [0.29, 0.717) is 23.6 Å². The van der Waals surface area contributed by atoms with Gasteiger partial charge in [0.1, 0.15) is 0 Å². The fourth-order valence-electron chi connectivity index (χ4n) is 6.17. The van der Waals surface area contributed by atoms with Gasteiger partial charge in [-0.3, -0.25) is 14.5 Å². The number of rotatable bonds is 19. The SMILES string of the molecule is CCCCCCCCC(CCCCCC)CN1C(=O)c2c(-c3ccc(/C=C/c4ccc(C(C)(C)N)s4)s3)sc(C(C)(C)N)c2C1=O. The number of carbonyl (C=O) groups is 2. The Balaban J connectivity index is 1.56. The minimum absolute atomic E-state index is 0.149. The highest BCUT2D eigenvalue weighted by atomic mass is 32.1. The molecule has 0 saturated heterocycles. The van der Waals surface area contributed by atoms with Gasteiger partial charge in [0.15, 0.2) is 0 Å². The summed E-state index contributed by atoms with van der Waals surface area (Å²) in [5, 5.41) is 0. The lowest BCUT2D eigenvalue weighted by Gasteiger charge is -2.24. The second-order valence-electron chi connectivity index (χ2n) is 14.2. The minimum atomic E-state index is -0.732. The van der Waals surface area contributed by atoms with Gasteiger partial charge in [0.05, 0.1) is 16.0 Å². The molecule has 0 aromatic carbocycles. The van der Waals surface area contributed by atoms with Crippen LogP contribution in [0.1, 0.15) is 159 Å². The number of fused-ring (bicyclic) bond motifs is 1. The molecule has 252 valence electrons. The Morgan fingerprint density at radius 1 is 0.696 bits per heavy atom. The van der Waals surface area contributed by atoms with Crippen molar-refractivity contribution in [1.29, 1.82) is 0 Å². The molecule has 0 radical (unpaired) electrons. The van der Waals surface area contributed by atoms with Crippen LogP contribution >= 0.6 is 34.0 Å². The summed E-state index contributed by atoms with van der Waals surface area (Å²) in [5.41, 5.74) is 12.9. The predicted molar refractivity (Wildman–Crippen MR) is 201 cm³/mol. The number of imide groups is 1. The molecule has 0 spiro atoms. The summed E-state index contributed by atoms with van der Waals surface area (Å²) in [4.78, 5) is 35.8. The van der Waals surface area contributed by atoms with Crippen molar-refractivity contribution < 1.29 is 9.59 Å². The van der Waals surface area contributed by atoms with Gasteiger partial charge >= 0.3 is 0 Å². The van der Waals surface area contributed by atoms with E-state index < -0.39 is 5.54 Å². The third kappa shape index (κ3) is 9.28. The first kappa shape index (κ1) is 36.7. The van der Waals surface area contributed by atoms with Gasteiger partial charge in [-0.05, 0) is 82.9 Å². The summed E-state index contributed by atoms with van der Waals surface area (Å²) in [5.74, 6) is 0.0253. The highest BCUT2D eigenvalue weighted by molar-refractivity contribution is 7.23. The molecule has 3 aromatic heterocycles. The number of hydrogen-bond acceptors (Lipinski definition) is 7. The Kier molecular flexibility index (Phi) is 13.0. The highest BCUT2D eigenvalue weighted by Gasteiger charge is 2.44. The molecule has 8 heteroatoms. The van der Waals surface area contributed by atoms with Crippen LogP contribution in [0.25, 0.3) is 21.9 Å². The standard InChI is InChI=1S/C38H55N3O2S3/c1-7-9-11-13-14-16-18-26(17-15-12-10-8-2)25-41-35(42)31-32(36(41)43)34(38(5,6)40)46-33(31)29-23-21-27(44-29)19-20-28-22-24-30(45-28)37(3,4)39/h19-24,26H,7-18,25,39-40H2,1-6H3/b20-19+. The van der Waals surface area contributed by atoms with Crippen LogP contribution in [-0.2, 0) is 11.1 Å². The molecule has 0 saturated carbocycles. The first-order chi connectivity index (χ1) is 21.8. The highest BCUT2D eigenvalue weighted by Crippen LogP contribution is 2.47. The second-order valence-corrected chi connectivity index (χ2v) is 17.4. The Morgan fingerprint density at radius 3 is 1.83 bits per heavy atom. The largest absolute Gasteiger partial charge is 0.321 e. The Hall–Kier alpha value is -2.10. The maximum absolute atomic E-state index is 14.2. The minimum Gasteiger partial charge on any atom is -0.321 e. The quantitative estimate of drug-likeness (QED) is 0.0973. The van der Waals surface area contributed by atoms with Gasteiger partial charge < -0.3 is 11.5 Å². The van der Waals surface area contributed by atoms with E-state index in [1.54, 1.807) is 27.6 Å². The van der Waals surface area contributed by atoms with Gasteiger partial charge in [0.2, 0.25) is 0 Å². The van der Waals surface area contributed by atoms with Gasteiger partial charge in [-0.25, -0.2) is 0 Å². The van der Waals surface area contributed by atoms with E-state index >= 15 is 0 Å². The molecule has 4 heterocycles. The van der Waals surface area contributed by atoms with Crippen molar-refractivity contribution in [1.82, 2.24) is 4.90 Å². The summed E-state index contributed by atoms with van der Waals surface area (Å²) in [6.07, 6.45) is 18.7. The molecule has 0 bridgehead atoms. The molecule has 2 amide bonds. The number of carbonyl (C=O) groups excluding carboxylic acids is 2. The zero-order valence-electron chi connectivity index (χ0n) is 28.9. The van der Waals surface area contributed by atoms with Crippen molar-refractivity contribution in [3.63, 3.8) is 0 Å². The fraction of sp³-hybridized carbons (Fsp3) is 0.579. The lowest BCUT2D eigenvalue weighted by molar-refractivity contribution is 0.0621. The van der Waals surface area contributed by atoms with Gasteiger partial charge in [-0.1, -0.05) is 78.1 Å². The Bertz CT molecular complexity index is 1480. The van der Waals surface area contributed by atoms with E-state index in [1.807, 2.05) is 27.7 Å². The second kappa shape index (κ2) is 16.3. The third-order valence-electron chi connectivity index (χ3n) is 8.81. The van der Waals surface area contributed by atoms with Crippen LogP contribution in [0.3, 0.4) is 0 Å². The zero-order valence-corrected chi connectivity index (χ0v) is 31.3. The molecule has 1 unspecified atom stereocenters. The van der Waals surface area contributed by atoms with E-state index in [1.165, 1.54) is 62.7 Å². The molecule has 4 rings (SSSR count). The molecule has 3 aromatic rings. The van der Waals surface area contributed by atoms with Crippen molar-refractivity contribution in [2.45, 2.75) is 130 Å². The number of amides is 2. The molecule has 1 aliphatic rings. The maximum atomic E-state index is 14.2. The number of hydrogen-bond donors (Lipinski definition) is 2. The van der Waals surface area contributed by atoms with Crippen LogP contribution in [0, 0.1) is 5.92 Å².